The van der Waals surface area contributed by atoms with Crippen molar-refractivity contribution in [3.05, 3.63) is 0 Å². The van der Waals surface area contributed by atoms with Gasteiger partial charge in [0, 0.05) is 12.6 Å². The van der Waals surface area contributed by atoms with E-state index in [0.717, 1.165) is 24.9 Å². The van der Waals surface area contributed by atoms with Gasteiger partial charge in [0.05, 0.1) is 0 Å². The van der Waals surface area contributed by atoms with Crippen molar-refractivity contribution in [2.75, 3.05) is 19.6 Å². The summed E-state index contributed by atoms with van der Waals surface area (Å²) in [5.74, 6) is 1.69. The minimum absolute atomic E-state index is 0.608. The summed E-state index contributed by atoms with van der Waals surface area (Å²) in [4.78, 5) is 0. The topological polar surface area (TPSA) is 24.1 Å². The first-order chi connectivity index (χ1) is 8.18. The van der Waals surface area contributed by atoms with Crippen LogP contribution in [0.3, 0.4) is 0 Å². The van der Waals surface area contributed by atoms with Gasteiger partial charge in [0.1, 0.15) is 0 Å². The molecular formula is C15H32N2. The van der Waals surface area contributed by atoms with E-state index in [4.69, 9.17) is 0 Å². The number of hydrogen-bond acceptors (Lipinski definition) is 2. The van der Waals surface area contributed by atoms with Crippen LogP contribution in [0.1, 0.15) is 59.3 Å². The molecule has 0 aliphatic heterocycles. The van der Waals surface area contributed by atoms with Gasteiger partial charge in [-0.15, -0.1) is 0 Å². The maximum Gasteiger partial charge on any atom is 0.0164 e. The van der Waals surface area contributed by atoms with Crippen molar-refractivity contribution in [3.63, 3.8) is 0 Å². The molecule has 0 aromatic rings. The van der Waals surface area contributed by atoms with Gasteiger partial charge in [-0.05, 0) is 44.7 Å². The first-order valence-corrected chi connectivity index (χ1v) is 7.62. The second kappa shape index (κ2) is 8.93. The van der Waals surface area contributed by atoms with E-state index in [1.807, 2.05) is 0 Å². The molecule has 0 radical (unpaired) electrons. The molecule has 17 heavy (non-hydrogen) atoms. The first-order valence-electron chi connectivity index (χ1n) is 7.62. The highest BCUT2D eigenvalue weighted by Gasteiger charge is 2.12. The van der Waals surface area contributed by atoms with Crippen molar-refractivity contribution in [1.29, 1.82) is 0 Å². The summed E-state index contributed by atoms with van der Waals surface area (Å²) in [5.41, 5.74) is 0. The Morgan fingerprint density at radius 3 is 2.18 bits per heavy atom. The van der Waals surface area contributed by atoms with Gasteiger partial charge < -0.3 is 10.6 Å². The molecule has 0 heterocycles. The van der Waals surface area contributed by atoms with Gasteiger partial charge in [0.2, 0.25) is 0 Å². The SMILES string of the molecule is CC(C)CNCC(C)NCC1CCCCCC1. The number of hydrogen-bond donors (Lipinski definition) is 2. The molecule has 0 bridgehead atoms. The van der Waals surface area contributed by atoms with E-state index in [0.29, 0.717) is 6.04 Å². The second-order valence-electron chi connectivity index (χ2n) is 6.22. The Kier molecular flexibility index (Phi) is 7.87. The fourth-order valence-electron chi connectivity index (χ4n) is 2.60. The van der Waals surface area contributed by atoms with Gasteiger partial charge in [-0.2, -0.15) is 0 Å². The summed E-state index contributed by atoms with van der Waals surface area (Å²) in [5, 5.41) is 7.21. The van der Waals surface area contributed by atoms with E-state index in [1.165, 1.54) is 45.1 Å². The summed E-state index contributed by atoms with van der Waals surface area (Å²) in [6, 6.07) is 0.608. The Labute approximate surface area is 108 Å². The molecule has 1 fully saturated rings. The van der Waals surface area contributed by atoms with Gasteiger partial charge >= 0.3 is 0 Å². The predicted molar refractivity (Wildman–Crippen MR) is 76.4 cm³/mol. The van der Waals surface area contributed by atoms with Crippen LogP contribution in [0.25, 0.3) is 0 Å². The highest BCUT2D eigenvalue weighted by Crippen LogP contribution is 2.22. The molecule has 102 valence electrons. The zero-order valence-electron chi connectivity index (χ0n) is 12.1. The third kappa shape index (κ3) is 7.77. The third-order valence-electron chi connectivity index (χ3n) is 3.73. The first kappa shape index (κ1) is 15.0. The van der Waals surface area contributed by atoms with E-state index < -0.39 is 0 Å². The molecule has 0 spiro atoms. The lowest BCUT2D eigenvalue weighted by atomic mass is 10.0. The number of nitrogens with one attached hydrogen (secondary N) is 2. The number of rotatable bonds is 7. The lowest BCUT2D eigenvalue weighted by Crippen LogP contribution is -2.39. The van der Waals surface area contributed by atoms with Crippen molar-refractivity contribution < 1.29 is 0 Å². The zero-order valence-corrected chi connectivity index (χ0v) is 12.1. The van der Waals surface area contributed by atoms with E-state index in [1.54, 1.807) is 0 Å². The smallest absolute Gasteiger partial charge is 0.0164 e. The maximum atomic E-state index is 3.69. The van der Waals surface area contributed by atoms with Crippen molar-refractivity contribution >= 4 is 0 Å². The van der Waals surface area contributed by atoms with Crippen LogP contribution in [0.5, 0.6) is 0 Å². The lowest BCUT2D eigenvalue weighted by molar-refractivity contribution is 0.387. The Morgan fingerprint density at radius 2 is 1.59 bits per heavy atom. The summed E-state index contributed by atoms with van der Waals surface area (Å²) in [6.07, 6.45) is 8.71. The Hall–Kier alpha value is -0.0800. The summed E-state index contributed by atoms with van der Waals surface area (Å²) >= 11 is 0. The summed E-state index contributed by atoms with van der Waals surface area (Å²) in [6.45, 7) is 10.3. The zero-order chi connectivity index (χ0) is 12.5. The van der Waals surface area contributed by atoms with Crippen LogP contribution in [0.4, 0.5) is 0 Å². The van der Waals surface area contributed by atoms with Gasteiger partial charge in [-0.1, -0.05) is 39.5 Å². The molecule has 0 saturated heterocycles. The minimum Gasteiger partial charge on any atom is -0.315 e. The molecule has 1 unspecified atom stereocenters. The molecule has 0 amide bonds. The summed E-state index contributed by atoms with van der Waals surface area (Å²) in [7, 11) is 0. The van der Waals surface area contributed by atoms with E-state index in [2.05, 4.69) is 31.4 Å². The van der Waals surface area contributed by atoms with Crippen LogP contribution < -0.4 is 10.6 Å². The highest BCUT2D eigenvalue weighted by molar-refractivity contribution is 4.71. The van der Waals surface area contributed by atoms with Crippen molar-refractivity contribution in [2.24, 2.45) is 11.8 Å². The monoisotopic (exact) mass is 240 g/mol. The van der Waals surface area contributed by atoms with Gasteiger partial charge in [0.25, 0.3) is 0 Å². The van der Waals surface area contributed by atoms with Crippen LogP contribution in [0.2, 0.25) is 0 Å². The lowest BCUT2D eigenvalue weighted by Gasteiger charge is -2.20. The van der Waals surface area contributed by atoms with Crippen LogP contribution in [-0.2, 0) is 0 Å². The molecule has 0 aromatic carbocycles. The second-order valence-corrected chi connectivity index (χ2v) is 6.22. The van der Waals surface area contributed by atoms with Crippen LogP contribution in [0.15, 0.2) is 0 Å². The van der Waals surface area contributed by atoms with Crippen molar-refractivity contribution in [1.82, 2.24) is 10.6 Å². The molecule has 1 aliphatic rings. The van der Waals surface area contributed by atoms with E-state index in [-0.39, 0.29) is 0 Å². The summed E-state index contributed by atoms with van der Waals surface area (Å²) < 4.78 is 0. The van der Waals surface area contributed by atoms with Crippen LogP contribution >= 0.6 is 0 Å². The Bertz CT molecular complexity index is 172. The fraction of sp³-hybridized carbons (Fsp3) is 1.00. The average Bonchev–Trinajstić information content (AvgIpc) is 2.54. The Balaban J connectivity index is 2.03. The molecule has 1 saturated carbocycles. The van der Waals surface area contributed by atoms with Gasteiger partial charge in [0.15, 0.2) is 0 Å². The largest absolute Gasteiger partial charge is 0.315 e. The normalized spacial score (nSPS) is 20.5. The Morgan fingerprint density at radius 1 is 0.941 bits per heavy atom. The molecule has 1 atom stereocenters. The van der Waals surface area contributed by atoms with E-state index >= 15 is 0 Å². The predicted octanol–water partition coefficient (Wildman–Crippen LogP) is 3.18. The molecule has 2 nitrogen and oxygen atoms in total. The van der Waals surface area contributed by atoms with Gasteiger partial charge in [-0.25, -0.2) is 0 Å². The molecular weight excluding hydrogens is 208 g/mol. The maximum absolute atomic E-state index is 3.69. The fourth-order valence-corrected chi connectivity index (χ4v) is 2.60. The average molecular weight is 240 g/mol. The molecule has 1 aliphatic carbocycles. The third-order valence-corrected chi connectivity index (χ3v) is 3.73. The minimum atomic E-state index is 0.608. The van der Waals surface area contributed by atoms with Crippen LogP contribution in [0, 0.1) is 11.8 Å². The molecule has 2 heteroatoms. The molecule has 0 aromatic heterocycles. The highest BCUT2D eigenvalue weighted by atomic mass is 15.0. The quantitative estimate of drug-likeness (QED) is 0.668. The standard InChI is InChI=1S/C15H32N2/c1-13(2)10-16-11-14(3)17-12-15-8-6-4-5-7-9-15/h13-17H,4-12H2,1-3H3. The molecule has 1 rings (SSSR count). The van der Waals surface area contributed by atoms with Gasteiger partial charge in [-0.3, -0.25) is 0 Å². The van der Waals surface area contributed by atoms with E-state index in [9.17, 15) is 0 Å². The van der Waals surface area contributed by atoms with Crippen LogP contribution in [-0.4, -0.2) is 25.7 Å². The molecule has 2 N–H and O–H groups in total. The van der Waals surface area contributed by atoms with Crippen molar-refractivity contribution in [3.8, 4) is 0 Å². The van der Waals surface area contributed by atoms with Crippen molar-refractivity contribution in [2.45, 2.75) is 65.3 Å².